The first kappa shape index (κ1) is 11.9. The molecule has 1 aromatic rings. The van der Waals surface area contributed by atoms with Gasteiger partial charge in [-0.3, -0.25) is 10.1 Å². The van der Waals surface area contributed by atoms with Crippen LogP contribution in [0.5, 0.6) is 0 Å². The van der Waals surface area contributed by atoms with E-state index in [9.17, 15) is 10.1 Å². The summed E-state index contributed by atoms with van der Waals surface area (Å²) in [6, 6.07) is 0.468. The van der Waals surface area contributed by atoms with Crippen LogP contribution < -0.4 is 10.2 Å². The maximum Gasteiger partial charge on any atom is 0.345 e. The van der Waals surface area contributed by atoms with Crippen molar-refractivity contribution in [1.82, 2.24) is 10.3 Å². The third-order valence-electron chi connectivity index (χ3n) is 4.04. The molecular formula is C11H16N4O2S. The highest BCUT2D eigenvalue weighted by atomic mass is 32.1. The molecule has 3 atom stereocenters. The fraction of sp³-hybridized carbons (Fsp3) is 0.727. The summed E-state index contributed by atoms with van der Waals surface area (Å²) in [5.41, 5.74) is 0. The standard InChI is InChI=1S/C11H16N4O2S/c1-2-9-8-4-12-3-7(8)6-14(9)11-13-5-10(18-11)15(16)17/h5,7-9,12H,2-4,6H2,1H3. The van der Waals surface area contributed by atoms with E-state index in [4.69, 9.17) is 0 Å². The molecule has 18 heavy (non-hydrogen) atoms. The van der Waals surface area contributed by atoms with Crippen molar-refractivity contribution >= 4 is 21.5 Å². The second-order valence-corrected chi connectivity index (χ2v) is 5.94. The van der Waals surface area contributed by atoms with Crippen LogP contribution in [0.4, 0.5) is 10.1 Å². The molecule has 7 heteroatoms. The monoisotopic (exact) mass is 268 g/mol. The van der Waals surface area contributed by atoms with Crippen molar-refractivity contribution in [2.24, 2.45) is 11.8 Å². The SMILES string of the molecule is CCC1C2CNCC2CN1c1ncc([N+](=O)[O-])s1. The highest BCUT2D eigenvalue weighted by Crippen LogP contribution is 2.40. The van der Waals surface area contributed by atoms with E-state index in [-0.39, 0.29) is 9.92 Å². The zero-order valence-electron chi connectivity index (χ0n) is 10.2. The first-order valence-electron chi connectivity index (χ1n) is 6.28. The van der Waals surface area contributed by atoms with Crippen LogP contribution in [0.1, 0.15) is 13.3 Å². The Morgan fingerprint density at radius 2 is 2.50 bits per heavy atom. The first-order chi connectivity index (χ1) is 8.70. The largest absolute Gasteiger partial charge is 0.345 e. The van der Waals surface area contributed by atoms with Crippen molar-refractivity contribution in [3.8, 4) is 0 Å². The highest BCUT2D eigenvalue weighted by Gasteiger charge is 2.44. The van der Waals surface area contributed by atoms with Crippen LogP contribution in [0.15, 0.2) is 6.20 Å². The molecule has 2 aliphatic rings. The summed E-state index contributed by atoms with van der Waals surface area (Å²) in [6.45, 7) is 5.28. The van der Waals surface area contributed by atoms with Gasteiger partial charge in [-0.1, -0.05) is 6.92 Å². The smallest absolute Gasteiger partial charge is 0.344 e. The van der Waals surface area contributed by atoms with Crippen LogP contribution in [-0.2, 0) is 0 Å². The molecule has 2 saturated heterocycles. The van der Waals surface area contributed by atoms with Crippen LogP contribution in [-0.4, -0.2) is 35.6 Å². The molecule has 0 radical (unpaired) electrons. The number of anilines is 1. The molecule has 1 aromatic heterocycles. The van der Waals surface area contributed by atoms with E-state index in [1.165, 1.54) is 17.5 Å². The Morgan fingerprint density at radius 1 is 1.67 bits per heavy atom. The summed E-state index contributed by atoms with van der Waals surface area (Å²) in [4.78, 5) is 16.9. The Morgan fingerprint density at radius 3 is 3.17 bits per heavy atom. The molecule has 98 valence electrons. The van der Waals surface area contributed by atoms with E-state index in [0.717, 1.165) is 31.2 Å². The Balaban J connectivity index is 1.84. The second kappa shape index (κ2) is 4.47. The van der Waals surface area contributed by atoms with Gasteiger partial charge in [0.05, 0.1) is 4.92 Å². The second-order valence-electron chi connectivity index (χ2n) is 4.95. The Kier molecular flexibility index (Phi) is 2.95. The summed E-state index contributed by atoms with van der Waals surface area (Å²) in [5.74, 6) is 1.33. The number of nitrogens with one attached hydrogen (secondary N) is 1. The lowest BCUT2D eigenvalue weighted by molar-refractivity contribution is -0.380. The molecule has 0 saturated carbocycles. The minimum Gasteiger partial charge on any atom is -0.344 e. The number of hydrogen-bond acceptors (Lipinski definition) is 6. The van der Waals surface area contributed by atoms with Gasteiger partial charge in [0.25, 0.3) is 0 Å². The summed E-state index contributed by atoms with van der Waals surface area (Å²) in [5, 5.41) is 15.1. The van der Waals surface area contributed by atoms with Crippen molar-refractivity contribution in [3.63, 3.8) is 0 Å². The number of fused-ring (bicyclic) bond motifs is 1. The predicted molar refractivity (Wildman–Crippen MR) is 70.0 cm³/mol. The summed E-state index contributed by atoms with van der Waals surface area (Å²) in [7, 11) is 0. The van der Waals surface area contributed by atoms with E-state index >= 15 is 0 Å². The van der Waals surface area contributed by atoms with Crippen LogP contribution in [0.2, 0.25) is 0 Å². The summed E-state index contributed by atoms with van der Waals surface area (Å²) >= 11 is 1.19. The van der Waals surface area contributed by atoms with Crippen molar-refractivity contribution in [1.29, 1.82) is 0 Å². The van der Waals surface area contributed by atoms with Crippen molar-refractivity contribution in [2.75, 3.05) is 24.5 Å². The molecule has 0 spiro atoms. The van der Waals surface area contributed by atoms with E-state index in [1.54, 1.807) is 0 Å². The molecule has 0 aliphatic carbocycles. The molecule has 3 unspecified atom stereocenters. The highest BCUT2D eigenvalue weighted by molar-refractivity contribution is 7.18. The number of nitrogens with zero attached hydrogens (tertiary/aromatic N) is 3. The molecule has 0 aromatic carbocycles. The van der Waals surface area contributed by atoms with Gasteiger partial charge in [-0.25, -0.2) is 4.98 Å². The quantitative estimate of drug-likeness (QED) is 0.664. The minimum atomic E-state index is -0.361. The van der Waals surface area contributed by atoms with Crippen LogP contribution in [0.25, 0.3) is 0 Å². The normalized spacial score (nSPS) is 30.7. The average molecular weight is 268 g/mol. The van der Waals surface area contributed by atoms with Crippen LogP contribution >= 0.6 is 11.3 Å². The van der Waals surface area contributed by atoms with Gasteiger partial charge in [0.15, 0.2) is 5.13 Å². The number of nitro groups is 1. The zero-order chi connectivity index (χ0) is 12.7. The van der Waals surface area contributed by atoms with Gasteiger partial charge in [-0.05, 0) is 29.6 Å². The number of hydrogen-bond donors (Lipinski definition) is 1. The predicted octanol–water partition coefficient (Wildman–Crippen LogP) is 1.49. The van der Waals surface area contributed by atoms with E-state index in [2.05, 4.69) is 22.1 Å². The fourth-order valence-corrected chi connectivity index (χ4v) is 4.04. The van der Waals surface area contributed by atoms with Gasteiger partial charge in [0, 0.05) is 25.7 Å². The molecule has 1 N–H and O–H groups in total. The van der Waals surface area contributed by atoms with Gasteiger partial charge in [0.1, 0.15) is 6.20 Å². The third-order valence-corrected chi connectivity index (χ3v) is 5.03. The van der Waals surface area contributed by atoms with Crippen LogP contribution in [0.3, 0.4) is 0 Å². The van der Waals surface area contributed by atoms with Crippen LogP contribution in [0, 0.1) is 22.0 Å². The molecular weight excluding hydrogens is 252 g/mol. The topological polar surface area (TPSA) is 71.3 Å². The van der Waals surface area contributed by atoms with Gasteiger partial charge in [0.2, 0.25) is 0 Å². The summed E-state index contributed by atoms with van der Waals surface area (Å²) in [6.07, 6.45) is 2.44. The van der Waals surface area contributed by atoms with Crippen molar-refractivity contribution in [3.05, 3.63) is 16.3 Å². The fourth-order valence-electron chi connectivity index (χ4n) is 3.24. The Hall–Kier alpha value is -1.21. The summed E-state index contributed by atoms with van der Waals surface area (Å²) < 4.78 is 0. The van der Waals surface area contributed by atoms with E-state index < -0.39 is 0 Å². The van der Waals surface area contributed by atoms with Gasteiger partial charge in [-0.2, -0.15) is 0 Å². The van der Waals surface area contributed by atoms with Gasteiger partial charge in [-0.15, -0.1) is 0 Å². The molecule has 2 aliphatic heterocycles. The minimum absolute atomic E-state index is 0.134. The molecule has 0 bridgehead atoms. The number of aromatic nitrogens is 1. The van der Waals surface area contributed by atoms with Crippen molar-refractivity contribution in [2.45, 2.75) is 19.4 Å². The first-order valence-corrected chi connectivity index (χ1v) is 7.10. The maximum absolute atomic E-state index is 10.7. The third kappa shape index (κ3) is 1.78. The molecule has 3 rings (SSSR count). The van der Waals surface area contributed by atoms with E-state index in [0.29, 0.717) is 17.9 Å². The number of rotatable bonds is 3. The Labute approximate surface area is 109 Å². The maximum atomic E-state index is 10.7. The van der Waals surface area contributed by atoms with E-state index in [1.807, 2.05) is 0 Å². The molecule has 0 amide bonds. The van der Waals surface area contributed by atoms with Gasteiger partial charge >= 0.3 is 5.00 Å². The van der Waals surface area contributed by atoms with Gasteiger partial charge < -0.3 is 10.2 Å². The average Bonchev–Trinajstić information content (AvgIpc) is 3.02. The Bertz CT molecular complexity index is 464. The zero-order valence-corrected chi connectivity index (χ0v) is 11.0. The molecule has 6 nitrogen and oxygen atoms in total. The lowest BCUT2D eigenvalue weighted by Crippen LogP contribution is -2.34. The number of thiazole rings is 1. The lowest BCUT2D eigenvalue weighted by atomic mass is 9.93. The molecule has 2 fully saturated rings. The van der Waals surface area contributed by atoms with Crippen molar-refractivity contribution < 1.29 is 4.92 Å². The molecule has 3 heterocycles. The lowest BCUT2D eigenvalue weighted by Gasteiger charge is -2.26.